The van der Waals surface area contributed by atoms with Crippen molar-refractivity contribution in [3.8, 4) is 0 Å². The van der Waals surface area contributed by atoms with Crippen LogP contribution in [0.2, 0.25) is 0 Å². The Morgan fingerprint density at radius 3 is 2.50 bits per heavy atom. The van der Waals surface area contributed by atoms with E-state index in [0.717, 1.165) is 29.4 Å². The summed E-state index contributed by atoms with van der Waals surface area (Å²) in [5, 5.41) is 9.80. The molecular formula is C16H16BN2O3. The molecule has 0 bridgehead atoms. The first-order valence-electron chi connectivity index (χ1n) is 6.63. The molecule has 1 heterocycles. The molecule has 6 heteroatoms. The molecular weight excluding hydrogens is 279 g/mol. The Balaban J connectivity index is 0.00000176. The number of carbonyl (C=O) groups is 1. The van der Waals surface area contributed by atoms with Crippen molar-refractivity contribution in [2.24, 2.45) is 5.73 Å². The molecule has 0 aliphatic carbocycles. The Labute approximate surface area is 128 Å². The third-order valence-electron chi connectivity index (χ3n) is 3.56. The fraction of sp³-hybridized carbons (Fsp3) is 0.0625. The van der Waals surface area contributed by atoms with Gasteiger partial charge in [-0.25, -0.2) is 0 Å². The Hall–Kier alpha value is -2.57. The van der Waals surface area contributed by atoms with Gasteiger partial charge in [0, 0.05) is 29.2 Å². The maximum absolute atomic E-state index is 11.4. The zero-order chi connectivity index (χ0) is 14.8. The third-order valence-corrected chi connectivity index (χ3v) is 3.56. The second-order valence-corrected chi connectivity index (χ2v) is 4.92. The molecule has 0 unspecified atom stereocenters. The highest BCUT2D eigenvalue weighted by molar-refractivity contribution is 6.45. The maximum Gasteiger partial charge on any atom is 0.326 e. The van der Waals surface area contributed by atoms with E-state index in [2.05, 4.69) is 4.57 Å². The first kappa shape index (κ1) is 15.8. The van der Waals surface area contributed by atoms with Crippen molar-refractivity contribution in [2.45, 2.75) is 6.54 Å². The van der Waals surface area contributed by atoms with Crippen LogP contribution in [0.5, 0.6) is 0 Å². The van der Waals surface area contributed by atoms with Crippen LogP contribution < -0.4 is 11.2 Å². The lowest BCUT2D eigenvalue weighted by atomic mass is 9.88. The Bertz CT molecular complexity index is 797. The van der Waals surface area contributed by atoms with Crippen LogP contribution in [0, 0.1) is 0 Å². The van der Waals surface area contributed by atoms with Gasteiger partial charge in [0.15, 0.2) is 0 Å². The van der Waals surface area contributed by atoms with E-state index in [-0.39, 0.29) is 5.48 Å². The Morgan fingerprint density at radius 2 is 1.86 bits per heavy atom. The number of nitrogens with zero attached hydrogens (tertiary/aromatic N) is 1. The maximum atomic E-state index is 11.4. The topological polar surface area (TPSA) is 99.8 Å². The minimum absolute atomic E-state index is 0. The van der Waals surface area contributed by atoms with E-state index in [0.29, 0.717) is 12.1 Å². The van der Waals surface area contributed by atoms with Crippen LogP contribution in [0.1, 0.15) is 15.9 Å². The van der Waals surface area contributed by atoms with Gasteiger partial charge in [-0.05, 0) is 23.8 Å². The van der Waals surface area contributed by atoms with Crippen LogP contribution in [0.4, 0.5) is 0 Å². The third kappa shape index (κ3) is 2.88. The number of rotatable bonds is 4. The van der Waals surface area contributed by atoms with Crippen molar-refractivity contribution in [3.05, 3.63) is 65.9 Å². The van der Waals surface area contributed by atoms with E-state index in [1.807, 2.05) is 48.7 Å². The van der Waals surface area contributed by atoms with Gasteiger partial charge in [0.2, 0.25) is 5.91 Å². The molecule has 0 aliphatic rings. The van der Waals surface area contributed by atoms with Crippen molar-refractivity contribution < 1.29 is 15.3 Å². The monoisotopic (exact) mass is 295 g/mol. The van der Waals surface area contributed by atoms with Crippen molar-refractivity contribution in [3.63, 3.8) is 0 Å². The van der Waals surface area contributed by atoms with E-state index < -0.39 is 5.91 Å². The lowest BCUT2D eigenvalue weighted by Gasteiger charge is -2.07. The largest absolute Gasteiger partial charge is 0.450 e. The summed E-state index contributed by atoms with van der Waals surface area (Å²) in [4.78, 5) is 11.4. The van der Waals surface area contributed by atoms with E-state index in [4.69, 9.17) is 10.8 Å². The molecule has 0 saturated carbocycles. The Kier molecular flexibility index (Phi) is 4.65. The van der Waals surface area contributed by atoms with Crippen molar-refractivity contribution in [1.82, 2.24) is 4.57 Å². The average Bonchev–Trinajstić information content (AvgIpc) is 2.91. The van der Waals surface area contributed by atoms with Crippen molar-refractivity contribution in [2.75, 3.05) is 0 Å². The van der Waals surface area contributed by atoms with Crippen molar-refractivity contribution in [1.29, 1.82) is 0 Å². The fourth-order valence-electron chi connectivity index (χ4n) is 2.48. The van der Waals surface area contributed by atoms with Crippen LogP contribution in [0.3, 0.4) is 0 Å². The van der Waals surface area contributed by atoms with Gasteiger partial charge in [0.25, 0.3) is 0 Å². The highest BCUT2D eigenvalue weighted by Crippen LogP contribution is 2.21. The molecule has 0 fully saturated rings. The van der Waals surface area contributed by atoms with Gasteiger partial charge in [0.1, 0.15) is 0 Å². The molecule has 0 atom stereocenters. The van der Waals surface area contributed by atoms with Crippen LogP contribution in [0.15, 0.2) is 54.7 Å². The summed E-state index contributed by atoms with van der Waals surface area (Å²) >= 11 is 0. The minimum Gasteiger partial charge on any atom is -0.450 e. The Morgan fingerprint density at radius 1 is 1.14 bits per heavy atom. The number of fused-ring (bicyclic) bond motifs is 1. The predicted octanol–water partition coefficient (Wildman–Crippen LogP) is 0.201. The van der Waals surface area contributed by atoms with Gasteiger partial charge in [-0.15, -0.1) is 0 Å². The molecule has 111 valence electrons. The molecule has 3 rings (SSSR count). The molecule has 1 amide bonds. The van der Waals surface area contributed by atoms with Crippen LogP contribution in [-0.4, -0.2) is 28.5 Å². The van der Waals surface area contributed by atoms with Gasteiger partial charge < -0.3 is 20.8 Å². The number of nitrogens with two attached hydrogens (primary N) is 1. The highest BCUT2D eigenvalue weighted by atomic mass is 16.2. The predicted molar refractivity (Wildman–Crippen MR) is 87.2 cm³/mol. The van der Waals surface area contributed by atoms with Gasteiger partial charge >= 0.3 is 7.48 Å². The molecule has 5 nitrogen and oxygen atoms in total. The second kappa shape index (κ2) is 6.47. The molecule has 2 aromatic carbocycles. The second-order valence-electron chi connectivity index (χ2n) is 4.92. The zero-order valence-corrected chi connectivity index (χ0v) is 11.9. The number of hydrogen-bond donors (Lipinski definition) is 2. The van der Waals surface area contributed by atoms with Crippen molar-refractivity contribution >= 4 is 29.8 Å². The number of carbonyl (C=O) groups excluding carboxylic acids is 1. The van der Waals surface area contributed by atoms with Crippen LogP contribution in [-0.2, 0) is 6.54 Å². The normalized spacial score (nSPS) is 10.2. The summed E-state index contributed by atoms with van der Waals surface area (Å²) in [7, 11) is 1.08. The minimum atomic E-state index is -0.416. The SMILES string of the molecule is NC(=O)c1cccc2c1ccn2Cc1ccc([B]O)cc1.O. The molecule has 0 spiro atoms. The molecule has 22 heavy (non-hydrogen) atoms. The van der Waals surface area contributed by atoms with Gasteiger partial charge in [-0.2, -0.15) is 0 Å². The highest BCUT2D eigenvalue weighted by Gasteiger charge is 2.09. The van der Waals surface area contributed by atoms with Crippen LogP contribution in [0.25, 0.3) is 10.9 Å². The summed E-state index contributed by atoms with van der Waals surface area (Å²) in [6.45, 7) is 0.692. The number of aromatic nitrogens is 1. The summed E-state index contributed by atoms with van der Waals surface area (Å²) in [5.41, 5.74) is 8.80. The standard InChI is InChI=1S/C16H14BN2O2.H2O/c18-16(20)14-2-1-3-15-13(14)8-9-19(15)10-11-4-6-12(17-21)7-5-11;/h1-9,21H,10H2,(H2,18,20);1H2. The number of benzene rings is 2. The van der Waals surface area contributed by atoms with E-state index >= 15 is 0 Å². The number of amides is 1. The van der Waals surface area contributed by atoms with E-state index in [9.17, 15) is 4.79 Å². The lowest BCUT2D eigenvalue weighted by molar-refractivity contribution is 0.100. The molecule has 3 aromatic rings. The summed E-state index contributed by atoms with van der Waals surface area (Å²) < 4.78 is 2.07. The molecule has 1 aromatic heterocycles. The van der Waals surface area contributed by atoms with Gasteiger partial charge in [-0.1, -0.05) is 35.8 Å². The number of hydrogen-bond acceptors (Lipinski definition) is 2. The summed E-state index contributed by atoms with van der Waals surface area (Å²) in [6, 6.07) is 15.1. The smallest absolute Gasteiger partial charge is 0.326 e. The lowest BCUT2D eigenvalue weighted by Crippen LogP contribution is -2.13. The number of primary amides is 1. The van der Waals surface area contributed by atoms with Crippen LogP contribution >= 0.6 is 0 Å². The van der Waals surface area contributed by atoms with E-state index in [1.165, 1.54) is 0 Å². The van der Waals surface area contributed by atoms with E-state index in [1.54, 1.807) is 6.07 Å². The average molecular weight is 295 g/mol. The zero-order valence-electron chi connectivity index (χ0n) is 11.9. The molecule has 0 aliphatic heterocycles. The fourth-order valence-corrected chi connectivity index (χ4v) is 2.48. The summed E-state index contributed by atoms with van der Waals surface area (Å²) in [5.74, 6) is -0.416. The first-order chi connectivity index (χ1) is 10.2. The molecule has 1 radical (unpaired) electrons. The van der Waals surface area contributed by atoms with Gasteiger partial charge in [0.05, 0.1) is 0 Å². The molecule has 5 N–H and O–H groups in total. The molecule has 0 saturated heterocycles. The quantitative estimate of drug-likeness (QED) is 0.672. The van der Waals surface area contributed by atoms with Gasteiger partial charge in [-0.3, -0.25) is 4.79 Å². The first-order valence-corrected chi connectivity index (χ1v) is 6.63. The summed E-state index contributed by atoms with van der Waals surface area (Å²) in [6.07, 6.45) is 1.95.